The predicted octanol–water partition coefficient (Wildman–Crippen LogP) is 4.84. The molecule has 1 heterocycles. The number of hydrogen-bond donors (Lipinski definition) is 0. The highest BCUT2D eigenvalue weighted by Gasteiger charge is 2.32. The summed E-state index contributed by atoms with van der Waals surface area (Å²) in [5.41, 5.74) is 1.59. The van der Waals surface area contributed by atoms with Gasteiger partial charge in [-0.25, -0.2) is 0 Å². The number of hydrogen-bond acceptors (Lipinski definition) is 3. The fraction of sp³-hybridized carbons (Fsp3) is 0.833. The molecule has 0 aromatic rings. The third-order valence-electron chi connectivity index (χ3n) is 2.34. The van der Waals surface area contributed by atoms with E-state index in [2.05, 4.69) is 58.7 Å². The molecule has 0 saturated carbocycles. The van der Waals surface area contributed by atoms with Gasteiger partial charge in [0.15, 0.2) is 0 Å². The molecular weight excluding hydrogens is 204 g/mol. The molecule has 0 aliphatic carbocycles. The van der Waals surface area contributed by atoms with E-state index in [0.29, 0.717) is 5.92 Å². The molecule has 1 rings (SSSR count). The lowest BCUT2D eigenvalue weighted by Crippen LogP contribution is -2.16. The first-order valence-corrected chi connectivity index (χ1v) is 6.32. The maximum absolute atomic E-state index is 4.34. The van der Waals surface area contributed by atoms with Crippen LogP contribution in [-0.4, -0.2) is 4.87 Å². The average molecular weight is 226 g/mol. The van der Waals surface area contributed by atoms with Crippen LogP contribution in [0.3, 0.4) is 0 Å². The minimum Gasteiger partial charge on any atom is -0.171 e. The Bertz CT molecular complexity index is 306. The molecule has 0 aromatic heterocycles. The van der Waals surface area contributed by atoms with Crippen LogP contribution in [0, 0.1) is 11.3 Å². The van der Waals surface area contributed by atoms with E-state index in [9.17, 15) is 0 Å². The van der Waals surface area contributed by atoms with Gasteiger partial charge in [-0.3, -0.25) is 0 Å². The molecule has 0 amide bonds. The van der Waals surface area contributed by atoms with Crippen LogP contribution < -0.4 is 0 Å². The molecule has 0 spiro atoms. The second kappa shape index (κ2) is 3.93. The summed E-state index contributed by atoms with van der Waals surface area (Å²) in [6.07, 6.45) is 0. The third-order valence-corrected chi connectivity index (χ3v) is 3.42. The molecule has 0 aromatic carbocycles. The molecule has 0 unspecified atom stereocenters. The molecule has 0 bridgehead atoms. The van der Waals surface area contributed by atoms with Gasteiger partial charge in [0, 0.05) is 0 Å². The van der Waals surface area contributed by atoms with Crippen molar-refractivity contribution >= 4 is 11.8 Å². The van der Waals surface area contributed by atoms with Gasteiger partial charge in [0.1, 0.15) is 9.90 Å². The molecule has 3 heteroatoms. The fourth-order valence-corrected chi connectivity index (χ4v) is 3.27. The number of thioether (sulfide) groups is 1. The molecule has 2 nitrogen and oxygen atoms in total. The smallest absolute Gasteiger partial charge is 0.127 e. The Hall–Kier alpha value is -0.310. The summed E-state index contributed by atoms with van der Waals surface area (Å²) < 4.78 is 0. The Morgan fingerprint density at radius 2 is 1.80 bits per heavy atom. The third kappa shape index (κ3) is 3.07. The van der Waals surface area contributed by atoms with E-state index >= 15 is 0 Å². The minimum atomic E-state index is -0.0826. The lowest BCUT2D eigenvalue weighted by Gasteiger charge is -2.27. The van der Waals surface area contributed by atoms with Crippen molar-refractivity contribution in [3.8, 4) is 0 Å². The van der Waals surface area contributed by atoms with Crippen molar-refractivity contribution in [2.75, 3.05) is 0 Å². The van der Waals surface area contributed by atoms with Crippen molar-refractivity contribution in [3.05, 3.63) is 10.6 Å². The molecule has 0 atom stereocenters. The van der Waals surface area contributed by atoms with Gasteiger partial charge in [-0.1, -0.05) is 46.4 Å². The Kier molecular flexibility index (Phi) is 3.34. The predicted molar refractivity (Wildman–Crippen MR) is 67.8 cm³/mol. The Balaban J connectivity index is 3.12. The van der Waals surface area contributed by atoms with Gasteiger partial charge in [-0.2, -0.15) is 5.11 Å². The first-order chi connectivity index (χ1) is 6.63. The summed E-state index contributed by atoms with van der Waals surface area (Å²) in [6.45, 7) is 15.4. The maximum Gasteiger partial charge on any atom is 0.127 e. The zero-order valence-corrected chi connectivity index (χ0v) is 11.7. The molecule has 86 valence electrons. The quantitative estimate of drug-likeness (QED) is 0.628. The second-order valence-corrected chi connectivity index (χ2v) is 7.46. The molecule has 1 aliphatic heterocycles. The minimum absolute atomic E-state index is 0.0826. The van der Waals surface area contributed by atoms with Crippen molar-refractivity contribution in [3.63, 3.8) is 0 Å². The van der Waals surface area contributed by atoms with E-state index in [0.717, 1.165) is 5.03 Å². The van der Waals surface area contributed by atoms with Crippen LogP contribution in [0.1, 0.15) is 48.5 Å². The van der Waals surface area contributed by atoms with Gasteiger partial charge in [0.2, 0.25) is 0 Å². The lowest BCUT2D eigenvalue weighted by atomic mass is 9.81. The zero-order valence-electron chi connectivity index (χ0n) is 10.9. The van der Waals surface area contributed by atoms with Crippen LogP contribution in [0.4, 0.5) is 0 Å². The number of nitrogens with zero attached hydrogens (tertiary/aromatic N) is 2. The first-order valence-electron chi connectivity index (χ1n) is 5.50. The SMILES string of the molecule is CC(C)C(=C1N=NC(C)(C)S1)C(C)(C)C. The summed E-state index contributed by atoms with van der Waals surface area (Å²) in [4.78, 5) is -0.0826. The second-order valence-electron chi connectivity index (χ2n) is 5.87. The van der Waals surface area contributed by atoms with Crippen LogP contribution in [0.25, 0.3) is 0 Å². The van der Waals surface area contributed by atoms with Crippen LogP contribution in [0.5, 0.6) is 0 Å². The summed E-state index contributed by atoms with van der Waals surface area (Å²) in [5, 5.41) is 9.77. The molecule has 0 fully saturated rings. The van der Waals surface area contributed by atoms with Crippen molar-refractivity contribution in [2.24, 2.45) is 21.6 Å². The van der Waals surface area contributed by atoms with E-state index in [1.807, 2.05) is 0 Å². The molecule has 15 heavy (non-hydrogen) atoms. The van der Waals surface area contributed by atoms with E-state index in [-0.39, 0.29) is 10.3 Å². The van der Waals surface area contributed by atoms with Crippen molar-refractivity contribution in [2.45, 2.75) is 53.3 Å². The average Bonchev–Trinajstić information content (AvgIpc) is 2.25. The van der Waals surface area contributed by atoms with E-state index in [4.69, 9.17) is 0 Å². The molecule has 0 saturated heterocycles. The van der Waals surface area contributed by atoms with E-state index in [1.54, 1.807) is 11.8 Å². The largest absolute Gasteiger partial charge is 0.171 e. The first kappa shape index (κ1) is 12.8. The summed E-state index contributed by atoms with van der Waals surface area (Å²) >= 11 is 1.78. The Morgan fingerprint density at radius 1 is 1.27 bits per heavy atom. The number of allylic oxidation sites excluding steroid dienone is 1. The van der Waals surface area contributed by atoms with Crippen LogP contribution in [-0.2, 0) is 0 Å². The highest BCUT2D eigenvalue weighted by molar-refractivity contribution is 8.04. The van der Waals surface area contributed by atoms with Crippen molar-refractivity contribution in [1.82, 2.24) is 0 Å². The summed E-state index contributed by atoms with van der Waals surface area (Å²) in [6, 6.07) is 0. The van der Waals surface area contributed by atoms with Crippen LogP contribution >= 0.6 is 11.8 Å². The Labute approximate surface area is 97.6 Å². The molecule has 0 radical (unpaired) electrons. The number of azo groups is 1. The van der Waals surface area contributed by atoms with E-state index < -0.39 is 0 Å². The highest BCUT2D eigenvalue weighted by Crippen LogP contribution is 2.47. The zero-order chi connectivity index (χ0) is 11.9. The topological polar surface area (TPSA) is 24.7 Å². The standard InChI is InChI=1S/C12H22N2S/c1-8(2)9(11(3,4)5)10-13-14-12(6,7)15-10/h8H,1-7H3. The van der Waals surface area contributed by atoms with Crippen LogP contribution in [0.15, 0.2) is 20.8 Å². The van der Waals surface area contributed by atoms with Gasteiger partial charge >= 0.3 is 0 Å². The van der Waals surface area contributed by atoms with Gasteiger partial charge in [-0.05, 0) is 30.8 Å². The normalized spacial score (nSPS) is 23.7. The highest BCUT2D eigenvalue weighted by atomic mass is 32.2. The Morgan fingerprint density at radius 3 is 2.07 bits per heavy atom. The maximum atomic E-state index is 4.34. The monoisotopic (exact) mass is 226 g/mol. The lowest BCUT2D eigenvalue weighted by molar-refractivity contribution is 0.445. The van der Waals surface area contributed by atoms with Gasteiger partial charge in [0.05, 0.1) is 0 Å². The number of rotatable bonds is 1. The van der Waals surface area contributed by atoms with Crippen molar-refractivity contribution < 1.29 is 0 Å². The summed E-state index contributed by atoms with van der Waals surface area (Å²) in [7, 11) is 0. The molecule has 1 aliphatic rings. The van der Waals surface area contributed by atoms with Gasteiger partial charge < -0.3 is 0 Å². The fourth-order valence-electron chi connectivity index (χ4n) is 1.99. The van der Waals surface area contributed by atoms with Gasteiger partial charge in [0.25, 0.3) is 0 Å². The molecular formula is C12H22N2S. The van der Waals surface area contributed by atoms with Gasteiger partial charge in [-0.15, -0.1) is 5.11 Å². The van der Waals surface area contributed by atoms with Crippen molar-refractivity contribution in [1.29, 1.82) is 0 Å². The van der Waals surface area contributed by atoms with Crippen LogP contribution in [0.2, 0.25) is 0 Å². The molecule has 0 N–H and O–H groups in total. The van der Waals surface area contributed by atoms with E-state index in [1.165, 1.54) is 5.57 Å². The summed E-state index contributed by atoms with van der Waals surface area (Å²) in [5.74, 6) is 0.528.